The molecule has 1 aromatic heterocycles. The van der Waals surface area contributed by atoms with Crippen LogP contribution < -0.4 is 10.0 Å². The van der Waals surface area contributed by atoms with Gasteiger partial charge in [0, 0.05) is 47.9 Å². The maximum Gasteiger partial charge on any atom is 0.256 e. The van der Waals surface area contributed by atoms with E-state index in [4.69, 9.17) is 4.98 Å². The number of sulfonamides is 1. The van der Waals surface area contributed by atoms with Crippen LogP contribution in [0.25, 0.3) is 10.9 Å². The summed E-state index contributed by atoms with van der Waals surface area (Å²) in [6.07, 6.45) is 5.86. The van der Waals surface area contributed by atoms with E-state index in [1.54, 1.807) is 24.3 Å². The van der Waals surface area contributed by atoms with Crippen molar-refractivity contribution in [1.29, 1.82) is 0 Å². The third-order valence-corrected chi connectivity index (χ3v) is 8.69. The lowest BCUT2D eigenvalue weighted by Gasteiger charge is -2.29. The van der Waals surface area contributed by atoms with Gasteiger partial charge in [-0.15, -0.1) is 0 Å². The highest BCUT2D eigenvalue weighted by Gasteiger charge is 2.26. The van der Waals surface area contributed by atoms with E-state index >= 15 is 0 Å². The monoisotopic (exact) mass is 492 g/mol. The molecule has 8 heteroatoms. The van der Waals surface area contributed by atoms with Crippen LogP contribution in [0.3, 0.4) is 0 Å². The normalized spacial score (nSPS) is 17.3. The first-order chi connectivity index (χ1) is 16.9. The van der Waals surface area contributed by atoms with Gasteiger partial charge < -0.3 is 5.32 Å². The number of carbonyl (C=O) groups is 1. The van der Waals surface area contributed by atoms with Crippen LogP contribution in [-0.4, -0.2) is 43.3 Å². The number of benzene rings is 2. The van der Waals surface area contributed by atoms with Gasteiger partial charge in [-0.05, 0) is 49.7 Å². The van der Waals surface area contributed by atoms with Crippen molar-refractivity contribution in [1.82, 2.24) is 14.6 Å². The summed E-state index contributed by atoms with van der Waals surface area (Å²) < 4.78 is 28.5. The van der Waals surface area contributed by atoms with Crippen molar-refractivity contribution >= 4 is 32.5 Å². The Morgan fingerprint density at radius 2 is 1.80 bits per heavy atom. The highest BCUT2D eigenvalue weighted by atomic mass is 32.2. The first kappa shape index (κ1) is 23.9. The Balaban J connectivity index is 1.40. The van der Waals surface area contributed by atoms with E-state index in [9.17, 15) is 13.2 Å². The molecule has 7 nitrogen and oxygen atoms in total. The van der Waals surface area contributed by atoms with E-state index in [2.05, 4.69) is 21.9 Å². The number of aromatic nitrogens is 1. The van der Waals surface area contributed by atoms with Gasteiger partial charge in [-0.2, -0.15) is 0 Å². The fourth-order valence-corrected chi connectivity index (χ4v) is 6.50. The minimum atomic E-state index is -3.58. The number of likely N-dealkylation sites (N-methyl/N-ethyl adjacent to an activating group) is 1. The van der Waals surface area contributed by atoms with Gasteiger partial charge in [-0.3, -0.25) is 14.7 Å². The van der Waals surface area contributed by atoms with Gasteiger partial charge in [0.05, 0.1) is 16.0 Å². The molecule has 1 fully saturated rings. The highest BCUT2D eigenvalue weighted by Crippen LogP contribution is 2.29. The molecule has 2 aliphatic rings. The van der Waals surface area contributed by atoms with Gasteiger partial charge in [0.15, 0.2) is 0 Å². The van der Waals surface area contributed by atoms with Crippen molar-refractivity contribution in [2.75, 3.05) is 18.4 Å². The molecule has 1 aliphatic carbocycles. The third-order valence-electron chi connectivity index (χ3n) is 7.15. The smallest absolute Gasteiger partial charge is 0.256 e. The zero-order chi connectivity index (χ0) is 24.4. The molecule has 0 bridgehead atoms. The Morgan fingerprint density at radius 1 is 1.06 bits per heavy atom. The molecule has 0 radical (unpaired) electrons. The minimum Gasteiger partial charge on any atom is -0.322 e. The molecule has 2 heterocycles. The van der Waals surface area contributed by atoms with E-state index in [0.29, 0.717) is 17.8 Å². The summed E-state index contributed by atoms with van der Waals surface area (Å²) in [7, 11) is -3.58. The summed E-state index contributed by atoms with van der Waals surface area (Å²) in [6, 6.07) is 14.2. The van der Waals surface area contributed by atoms with E-state index in [1.807, 2.05) is 24.3 Å². The molecule has 0 saturated heterocycles. The average Bonchev–Trinajstić information content (AvgIpc) is 2.87. The lowest BCUT2D eigenvalue weighted by Crippen LogP contribution is -2.36. The fraction of sp³-hybridized carbons (Fsp3) is 0.407. The number of carbonyl (C=O) groups excluding carboxylic acids is 1. The van der Waals surface area contributed by atoms with Crippen LogP contribution in [0, 0.1) is 0 Å². The van der Waals surface area contributed by atoms with Crippen LogP contribution in [0.2, 0.25) is 0 Å². The molecule has 0 unspecified atom stereocenters. The summed E-state index contributed by atoms with van der Waals surface area (Å²) in [5, 5.41) is 3.82. The van der Waals surface area contributed by atoms with Crippen molar-refractivity contribution in [2.24, 2.45) is 0 Å². The Hall–Kier alpha value is -2.81. The number of amides is 1. The molecule has 2 aromatic carbocycles. The standard InChI is InChI=1S/C27H32N4O3S/c1-2-31-17-16-25-23(18-31)26(22-10-6-7-11-24(22)29-25)27(32)28-19-12-14-21(15-13-19)35(33,34)30-20-8-4-3-5-9-20/h6-7,10-15,20,30H,2-5,8-9,16-18H2,1H3,(H,28,32). The lowest BCUT2D eigenvalue weighted by atomic mass is 9.95. The minimum absolute atomic E-state index is 0.00182. The number of nitrogens with one attached hydrogen (secondary N) is 2. The Morgan fingerprint density at radius 3 is 2.54 bits per heavy atom. The summed E-state index contributed by atoms with van der Waals surface area (Å²) in [6.45, 7) is 4.66. The van der Waals surface area contributed by atoms with Gasteiger partial charge in [-0.25, -0.2) is 13.1 Å². The third kappa shape index (κ3) is 5.10. The van der Waals surface area contributed by atoms with Crippen LogP contribution >= 0.6 is 0 Å². The van der Waals surface area contributed by atoms with Crippen molar-refractivity contribution in [3.63, 3.8) is 0 Å². The maximum absolute atomic E-state index is 13.6. The number of para-hydroxylation sites is 1. The molecule has 184 valence electrons. The number of anilines is 1. The number of fused-ring (bicyclic) bond motifs is 2. The van der Waals surface area contributed by atoms with Crippen LogP contribution in [0.15, 0.2) is 53.4 Å². The molecule has 2 N–H and O–H groups in total. The van der Waals surface area contributed by atoms with Crippen molar-refractivity contribution in [2.45, 2.75) is 62.9 Å². The first-order valence-electron chi connectivity index (χ1n) is 12.5. The molecule has 35 heavy (non-hydrogen) atoms. The van der Waals surface area contributed by atoms with Gasteiger partial charge in [0.2, 0.25) is 10.0 Å². The van der Waals surface area contributed by atoms with Crippen LogP contribution in [0.5, 0.6) is 0 Å². The van der Waals surface area contributed by atoms with E-state index in [-0.39, 0.29) is 16.8 Å². The summed E-state index contributed by atoms with van der Waals surface area (Å²) >= 11 is 0. The Kier molecular flexibility index (Phi) is 6.86. The topological polar surface area (TPSA) is 91.4 Å². The van der Waals surface area contributed by atoms with Gasteiger partial charge in [0.25, 0.3) is 5.91 Å². The largest absolute Gasteiger partial charge is 0.322 e. The van der Waals surface area contributed by atoms with E-state index in [0.717, 1.165) is 67.4 Å². The van der Waals surface area contributed by atoms with Gasteiger partial charge in [-0.1, -0.05) is 44.4 Å². The predicted molar refractivity (Wildman–Crippen MR) is 138 cm³/mol. The second-order valence-electron chi connectivity index (χ2n) is 9.48. The van der Waals surface area contributed by atoms with Crippen molar-refractivity contribution in [3.8, 4) is 0 Å². The van der Waals surface area contributed by atoms with Crippen LogP contribution in [-0.2, 0) is 23.0 Å². The summed E-state index contributed by atoms with van der Waals surface area (Å²) in [5.41, 5.74) is 3.99. The second kappa shape index (κ2) is 10.0. The van der Waals surface area contributed by atoms with Crippen molar-refractivity contribution in [3.05, 3.63) is 65.4 Å². The molecule has 1 saturated carbocycles. The van der Waals surface area contributed by atoms with Crippen molar-refractivity contribution < 1.29 is 13.2 Å². The van der Waals surface area contributed by atoms with Gasteiger partial charge in [0.1, 0.15) is 0 Å². The molecule has 1 aliphatic heterocycles. The SMILES string of the molecule is CCN1CCc2nc3ccccc3c(C(=O)Nc3ccc(S(=O)(=O)NC4CCCCC4)cc3)c2C1. The quantitative estimate of drug-likeness (QED) is 0.530. The average molecular weight is 493 g/mol. The fourth-order valence-electron chi connectivity index (χ4n) is 5.19. The molecule has 0 spiro atoms. The molecule has 0 atom stereocenters. The van der Waals surface area contributed by atoms with Gasteiger partial charge >= 0.3 is 0 Å². The number of nitrogens with zero attached hydrogens (tertiary/aromatic N) is 2. The molecule has 5 rings (SSSR count). The number of pyridine rings is 1. The Bertz CT molecular complexity index is 1330. The number of rotatable bonds is 6. The molecular weight excluding hydrogens is 460 g/mol. The summed E-state index contributed by atoms with van der Waals surface area (Å²) in [5.74, 6) is -0.200. The second-order valence-corrected chi connectivity index (χ2v) is 11.2. The predicted octanol–water partition coefficient (Wildman–Crippen LogP) is 4.48. The maximum atomic E-state index is 13.6. The lowest BCUT2D eigenvalue weighted by molar-refractivity contribution is 0.102. The van der Waals surface area contributed by atoms with Crippen LogP contribution in [0.4, 0.5) is 5.69 Å². The highest BCUT2D eigenvalue weighted by molar-refractivity contribution is 7.89. The van der Waals surface area contributed by atoms with E-state index in [1.165, 1.54) is 6.42 Å². The van der Waals surface area contributed by atoms with E-state index < -0.39 is 10.0 Å². The first-order valence-corrected chi connectivity index (χ1v) is 14.0. The zero-order valence-electron chi connectivity index (χ0n) is 20.1. The summed E-state index contributed by atoms with van der Waals surface area (Å²) in [4.78, 5) is 20.9. The van der Waals surface area contributed by atoms with Crippen LogP contribution in [0.1, 0.15) is 60.6 Å². The number of hydrogen-bond acceptors (Lipinski definition) is 5. The molecule has 1 amide bonds. The zero-order valence-corrected chi connectivity index (χ0v) is 20.9. The Labute approximate surface area is 207 Å². The molecule has 3 aromatic rings. The molecular formula is C27H32N4O3S. The number of hydrogen-bond donors (Lipinski definition) is 2.